The summed E-state index contributed by atoms with van der Waals surface area (Å²) >= 11 is 1.46. The lowest BCUT2D eigenvalue weighted by atomic mass is 9.87. The predicted molar refractivity (Wildman–Crippen MR) is 90.8 cm³/mol. The van der Waals surface area contributed by atoms with Crippen LogP contribution in [0.3, 0.4) is 0 Å². The Morgan fingerprint density at radius 3 is 2.65 bits per heavy atom. The van der Waals surface area contributed by atoms with Crippen molar-refractivity contribution in [2.24, 2.45) is 0 Å². The topological polar surface area (TPSA) is 72.2 Å². The van der Waals surface area contributed by atoms with Gasteiger partial charge >= 0.3 is 0 Å². The fourth-order valence-corrected chi connectivity index (χ4v) is 3.01. The van der Waals surface area contributed by atoms with Gasteiger partial charge in [0.15, 0.2) is 0 Å². The number of fused-ring (bicyclic) bond motifs is 1. The van der Waals surface area contributed by atoms with Crippen LogP contribution < -0.4 is 5.32 Å². The number of carbonyl (C=O) groups excluding carboxylic acids is 1. The normalized spacial score (nSPS) is 11.8. The van der Waals surface area contributed by atoms with Crippen LogP contribution in [0.5, 0.6) is 0 Å². The molecule has 0 saturated heterocycles. The molecule has 3 rings (SSSR count). The zero-order valence-electron chi connectivity index (χ0n) is 13.4. The summed E-state index contributed by atoms with van der Waals surface area (Å²) < 4.78 is 1.63. The first-order chi connectivity index (χ1) is 10.9. The third-order valence-corrected chi connectivity index (χ3v) is 4.50. The molecule has 23 heavy (non-hydrogen) atoms. The van der Waals surface area contributed by atoms with E-state index in [9.17, 15) is 4.79 Å². The first kappa shape index (κ1) is 15.6. The number of hydrogen-bond acceptors (Lipinski definition) is 5. The van der Waals surface area contributed by atoms with Gasteiger partial charge in [0, 0.05) is 18.5 Å². The Bertz CT molecular complexity index is 784. The van der Waals surface area contributed by atoms with Crippen LogP contribution in [-0.2, 0) is 16.6 Å². The van der Waals surface area contributed by atoms with E-state index in [0.29, 0.717) is 12.8 Å². The fourth-order valence-electron chi connectivity index (χ4n) is 2.20. The van der Waals surface area contributed by atoms with Gasteiger partial charge in [0.2, 0.25) is 10.9 Å². The summed E-state index contributed by atoms with van der Waals surface area (Å²) in [6, 6.07) is 8.00. The van der Waals surface area contributed by atoms with E-state index in [2.05, 4.69) is 53.5 Å². The van der Waals surface area contributed by atoms with E-state index in [1.165, 1.54) is 16.9 Å². The van der Waals surface area contributed by atoms with Crippen LogP contribution in [0.1, 0.15) is 37.8 Å². The second-order valence-electron chi connectivity index (χ2n) is 6.43. The zero-order chi connectivity index (χ0) is 16.4. The number of rotatable bonds is 4. The summed E-state index contributed by atoms with van der Waals surface area (Å²) in [5.41, 5.74) is 2.18. The van der Waals surface area contributed by atoms with E-state index in [-0.39, 0.29) is 11.3 Å². The first-order valence-electron chi connectivity index (χ1n) is 7.48. The largest absolute Gasteiger partial charge is 0.326 e. The SMILES string of the molecule is CC(C)(C)c1ccc(NC(=O)CCc2nn3cnnc3s2)cc1. The van der Waals surface area contributed by atoms with Gasteiger partial charge in [-0.2, -0.15) is 9.61 Å². The summed E-state index contributed by atoms with van der Waals surface area (Å²) in [6.07, 6.45) is 2.55. The molecule has 3 aromatic rings. The van der Waals surface area contributed by atoms with E-state index in [0.717, 1.165) is 15.7 Å². The number of anilines is 1. The molecule has 2 aromatic heterocycles. The fraction of sp³-hybridized carbons (Fsp3) is 0.375. The van der Waals surface area contributed by atoms with Crippen LogP contribution >= 0.6 is 11.3 Å². The van der Waals surface area contributed by atoms with Crippen LogP contribution in [0.2, 0.25) is 0 Å². The molecule has 0 bridgehead atoms. The first-order valence-corrected chi connectivity index (χ1v) is 8.29. The zero-order valence-corrected chi connectivity index (χ0v) is 14.2. The molecule has 2 heterocycles. The summed E-state index contributed by atoms with van der Waals surface area (Å²) in [7, 11) is 0. The number of nitrogens with one attached hydrogen (secondary N) is 1. The number of nitrogens with zero attached hydrogens (tertiary/aromatic N) is 4. The van der Waals surface area contributed by atoms with Crippen LogP contribution in [0.15, 0.2) is 30.6 Å². The molecule has 0 fully saturated rings. The lowest BCUT2D eigenvalue weighted by molar-refractivity contribution is -0.116. The van der Waals surface area contributed by atoms with E-state index >= 15 is 0 Å². The minimum atomic E-state index is -0.0144. The van der Waals surface area contributed by atoms with Crippen molar-refractivity contribution >= 4 is 27.9 Å². The Hall–Kier alpha value is -2.28. The standard InChI is InChI=1S/C16H19N5OS/c1-16(2,3)11-4-6-12(7-5-11)18-13(22)8-9-14-20-21-10-17-19-15(21)23-14/h4-7,10H,8-9H2,1-3H3,(H,18,22). The van der Waals surface area contributed by atoms with Gasteiger partial charge < -0.3 is 5.32 Å². The van der Waals surface area contributed by atoms with Crippen LogP contribution in [0, 0.1) is 0 Å². The molecule has 0 atom stereocenters. The average Bonchev–Trinajstić information content (AvgIpc) is 3.05. The molecule has 6 nitrogen and oxygen atoms in total. The van der Waals surface area contributed by atoms with Crippen molar-refractivity contribution in [1.82, 2.24) is 19.8 Å². The Balaban J connectivity index is 1.55. The Labute approximate surface area is 138 Å². The molecule has 0 spiro atoms. The highest BCUT2D eigenvalue weighted by Crippen LogP contribution is 2.23. The minimum absolute atomic E-state index is 0.0144. The molecule has 0 unspecified atom stereocenters. The van der Waals surface area contributed by atoms with Gasteiger partial charge in [-0.1, -0.05) is 44.2 Å². The maximum absolute atomic E-state index is 12.1. The van der Waals surface area contributed by atoms with Crippen molar-refractivity contribution in [3.05, 3.63) is 41.2 Å². The number of amides is 1. The highest BCUT2D eigenvalue weighted by Gasteiger charge is 2.13. The lowest BCUT2D eigenvalue weighted by Gasteiger charge is -2.19. The van der Waals surface area contributed by atoms with Crippen molar-refractivity contribution in [3.8, 4) is 0 Å². The van der Waals surface area contributed by atoms with Crippen LogP contribution in [-0.4, -0.2) is 25.7 Å². The minimum Gasteiger partial charge on any atom is -0.326 e. The van der Waals surface area contributed by atoms with E-state index in [1.54, 1.807) is 10.8 Å². The van der Waals surface area contributed by atoms with E-state index in [4.69, 9.17) is 0 Å². The van der Waals surface area contributed by atoms with E-state index < -0.39 is 0 Å². The summed E-state index contributed by atoms with van der Waals surface area (Å²) in [5, 5.41) is 15.8. The quantitative estimate of drug-likeness (QED) is 0.798. The van der Waals surface area contributed by atoms with Gasteiger partial charge in [-0.15, -0.1) is 10.2 Å². The van der Waals surface area contributed by atoms with Gasteiger partial charge in [-0.05, 0) is 23.1 Å². The van der Waals surface area contributed by atoms with Crippen molar-refractivity contribution in [2.75, 3.05) is 5.32 Å². The molecule has 0 aliphatic rings. The lowest BCUT2D eigenvalue weighted by Crippen LogP contribution is -2.14. The van der Waals surface area contributed by atoms with Crippen molar-refractivity contribution < 1.29 is 4.79 Å². The number of aromatic nitrogens is 4. The second-order valence-corrected chi connectivity index (χ2v) is 7.47. The smallest absolute Gasteiger partial charge is 0.234 e. The van der Waals surface area contributed by atoms with Crippen LogP contribution in [0.25, 0.3) is 4.96 Å². The Kier molecular flexibility index (Phi) is 4.12. The second kappa shape index (κ2) is 6.08. The molecule has 120 valence electrons. The maximum Gasteiger partial charge on any atom is 0.234 e. The van der Waals surface area contributed by atoms with Crippen molar-refractivity contribution in [1.29, 1.82) is 0 Å². The molecule has 1 amide bonds. The van der Waals surface area contributed by atoms with E-state index in [1.807, 2.05) is 12.1 Å². The number of carbonyl (C=O) groups is 1. The Morgan fingerprint density at radius 1 is 1.26 bits per heavy atom. The summed E-state index contributed by atoms with van der Waals surface area (Å²) in [4.78, 5) is 12.8. The monoisotopic (exact) mass is 329 g/mol. The van der Waals surface area contributed by atoms with Crippen LogP contribution in [0.4, 0.5) is 5.69 Å². The highest BCUT2D eigenvalue weighted by molar-refractivity contribution is 7.16. The molecule has 1 aromatic carbocycles. The number of aryl methyl sites for hydroxylation is 1. The molecule has 1 N–H and O–H groups in total. The van der Waals surface area contributed by atoms with Crippen molar-refractivity contribution in [2.45, 2.75) is 39.0 Å². The van der Waals surface area contributed by atoms with Gasteiger partial charge in [0.1, 0.15) is 11.3 Å². The summed E-state index contributed by atoms with van der Waals surface area (Å²) in [5.74, 6) is -0.0144. The molecule has 0 aliphatic carbocycles. The predicted octanol–water partition coefficient (Wildman–Crippen LogP) is 3.05. The van der Waals surface area contributed by atoms with Crippen molar-refractivity contribution in [3.63, 3.8) is 0 Å². The summed E-state index contributed by atoms with van der Waals surface area (Å²) in [6.45, 7) is 6.50. The number of hydrogen-bond donors (Lipinski definition) is 1. The number of benzene rings is 1. The highest BCUT2D eigenvalue weighted by atomic mass is 32.1. The maximum atomic E-state index is 12.1. The molecular weight excluding hydrogens is 310 g/mol. The average molecular weight is 329 g/mol. The van der Waals surface area contributed by atoms with Gasteiger partial charge in [-0.3, -0.25) is 4.79 Å². The molecule has 7 heteroatoms. The van der Waals surface area contributed by atoms with Gasteiger partial charge in [0.05, 0.1) is 0 Å². The molecule has 0 aliphatic heterocycles. The van der Waals surface area contributed by atoms with Gasteiger partial charge in [0.25, 0.3) is 0 Å². The molecule has 0 saturated carbocycles. The Morgan fingerprint density at radius 2 is 2.00 bits per heavy atom. The van der Waals surface area contributed by atoms with Gasteiger partial charge in [-0.25, -0.2) is 0 Å². The third-order valence-electron chi connectivity index (χ3n) is 3.53. The molecular formula is C16H19N5OS. The molecule has 0 radical (unpaired) electrons. The third kappa shape index (κ3) is 3.73.